The SMILES string of the molecule is CCOC(=O)C1CCc2sc(NC3CCC(OC)C3)nc21. The Hall–Kier alpha value is -1.14. The van der Waals surface area contributed by atoms with Gasteiger partial charge in [0.05, 0.1) is 18.4 Å². The van der Waals surface area contributed by atoms with Crippen LogP contribution in [0.5, 0.6) is 0 Å². The van der Waals surface area contributed by atoms with Gasteiger partial charge in [-0.05, 0) is 39.0 Å². The highest BCUT2D eigenvalue weighted by Crippen LogP contribution is 2.39. The number of aromatic nitrogens is 1. The molecule has 0 aromatic carbocycles. The summed E-state index contributed by atoms with van der Waals surface area (Å²) in [4.78, 5) is 17.8. The highest BCUT2D eigenvalue weighted by atomic mass is 32.1. The maximum Gasteiger partial charge on any atom is 0.315 e. The number of rotatable bonds is 5. The molecule has 2 aliphatic carbocycles. The quantitative estimate of drug-likeness (QED) is 0.847. The number of aryl methyl sites for hydroxylation is 1. The van der Waals surface area contributed by atoms with Crippen molar-refractivity contribution in [3.05, 3.63) is 10.6 Å². The lowest BCUT2D eigenvalue weighted by atomic mass is 10.1. The minimum Gasteiger partial charge on any atom is -0.465 e. The number of hydrogen-bond donors (Lipinski definition) is 1. The van der Waals surface area contributed by atoms with Gasteiger partial charge in [0.15, 0.2) is 5.13 Å². The fraction of sp³-hybridized carbons (Fsp3) is 0.733. The molecule has 21 heavy (non-hydrogen) atoms. The Morgan fingerprint density at radius 1 is 1.43 bits per heavy atom. The van der Waals surface area contributed by atoms with Crippen LogP contribution in [0.15, 0.2) is 0 Å². The molecular weight excluding hydrogens is 288 g/mol. The summed E-state index contributed by atoms with van der Waals surface area (Å²) in [6, 6.07) is 0.433. The molecule has 1 aromatic rings. The van der Waals surface area contributed by atoms with Gasteiger partial charge in [-0.25, -0.2) is 4.98 Å². The lowest BCUT2D eigenvalue weighted by molar-refractivity contribution is -0.145. The van der Waals surface area contributed by atoms with Crippen molar-refractivity contribution in [2.45, 2.75) is 57.1 Å². The van der Waals surface area contributed by atoms with Gasteiger partial charge in [0.25, 0.3) is 0 Å². The van der Waals surface area contributed by atoms with E-state index < -0.39 is 0 Å². The summed E-state index contributed by atoms with van der Waals surface area (Å²) in [7, 11) is 1.77. The molecule has 116 valence electrons. The van der Waals surface area contributed by atoms with Crippen molar-refractivity contribution in [1.29, 1.82) is 0 Å². The summed E-state index contributed by atoms with van der Waals surface area (Å²) < 4.78 is 10.5. The molecule has 2 aliphatic rings. The first kappa shape index (κ1) is 14.8. The van der Waals surface area contributed by atoms with Crippen molar-refractivity contribution < 1.29 is 14.3 Å². The van der Waals surface area contributed by atoms with E-state index in [-0.39, 0.29) is 11.9 Å². The second-order valence-corrected chi connectivity index (χ2v) is 6.77. The monoisotopic (exact) mass is 310 g/mol. The summed E-state index contributed by atoms with van der Waals surface area (Å²) in [5.41, 5.74) is 0.933. The first-order chi connectivity index (χ1) is 10.2. The van der Waals surface area contributed by atoms with Crippen molar-refractivity contribution in [3.8, 4) is 0 Å². The summed E-state index contributed by atoms with van der Waals surface area (Å²) in [5, 5.41) is 4.44. The number of esters is 1. The number of ether oxygens (including phenoxy) is 2. The van der Waals surface area contributed by atoms with Crippen LogP contribution < -0.4 is 5.32 Å². The Morgan fingerprint density at radius 3 is 3.00 bits per heavy atom. The van der Waals surface area contributed by atoms with Crippen LogP contribution in [-0.2, 0) is 20.7 Å². The Labute approximate surface area is 129 Å². The molecule has 1 heterocycles. The van der Waals surface area contributed by atoms with Crippen molar-refractivity contribution in [3.63, 3.8) is 0 Å². The highest BCUT2D eigenvalue weighted by molar-refractivity contribution is 7.15. The average Bonchev–Trinajstić information content (AvgIpc) is 3.14. The average molecular weight is 310 g/mol. The van der Waals surface area contributed by atoms with Gasteiger partial charge in [-0.3, -0.25) is 4.79 Å². The third-order valence-electron chi connectivity index (χ3n) is 4.33. The topological polar surface area (TPSA) is 60.5 Å². The van der Waals surface area contributed by atoms with E-state index >= 15 is 0 Å². The molecule has 0 amide bonds. The molecule has 6 heteroatoms. The molecular formula is C15H22N2O3S. The van der Waals surface area contributed by atoms with Gasteiger partial charge in [-0.2, -0.15) is 0 Å². The number of anilines is 1. The number of hydrogen-bond acceptors (Lipinski definition) is 6. The van der Waals surface area contributed by atoms with E-state index in [1.54, 1.807) is 18.4 Å². The van der Waals surface area contributed by atoms with Crippen LogP contribution >= 0.6 is 11.3 Å². The molecule has 3 rings (SSSR count). The zero-order chi connectivity index (χ0) is 14.8. The smallest absolute Gasteiger partial charge is 0.315 e. The maximum atomic E-state index is 11.9. The first-order valence-electron chi connectivity index (χ1n) is 7.66. The minimum atomic E-state index is -0.165. The van der Waals surface area contributed by atoms with Crippen molar-refractivity contribution in [2.24, 2.45) is 0 Å². The van der Waals surface area contributed by atoms with Crippen LogP contribution in [0.1, 0.15) is 49.1 Å². The van der Waals surface area contributed by atoms with Gasteiger partial charge in [0.2, 0.25) is 0 Å². The van der Waals surface area contributed by atoms with E-state index in [0.29, 0.717) is 18.8 Å². The number of thiazole rings is 1. The van der Waals surface area contributed by atoms with Crippen LogP contribution in [0.25, 0.3) is 0 Å². The molecule has 0 spiro atoms. The first-order valence-corrected chi connectivity index (χ1v) is 8.48. The summed E-state index contributed by atoms with van der Waals surface area (Å²) in [6.45, 7) is 2.27. The predicted octanol–water partition coefficient (Wildman–Crippen LogP) is 2.72. The van der Waals surface area contributed by atoms with Crippen molar-refractivity contribution in [1.82, 2.24) is 4.98 Å². The van der Waals surface area contributed by atoms with Gasteiger partial charge >= 0.3 is 5.97 Å². The van der Waals surface area contributed by atoms with Crippen LogP contribution in [0.4, 0.5) is 5.13 Å². The molecule has 0 aliphatic heterocycles. The Balaban J connectivity index is 1.65. The largest absolute Gasteiger partial charge is 0.465 e. The molecule has 1 saturated carbocycles. The normalized spacial score (nSPS) is 27.6. The standard InChI is InChI=1S/C15H22N2O3S/c1-3-20-14(18)11-6-7-12-13(11)17-15(21-12)16-9-4-5-10(8-9)19-2/h9-11H,3-8H2,1-2H3,(H,16,17). The fourth-order valence-electron chi connectivity index (χ4n) is 3.22. The molecule has 0 radical (unpaired) electrons. The Bertz CT molecular complexity index is 517. The van der Waals surface area contributed by atoms with E-state index in [4.69, 9.17) is 9.47 Å². The molecule has 1 aromatic heterocycles. The van der Waals surface area contributed by atoms with E-state index in [0.717, 1.165) is 42.9 Å². The van der Waals surface area contributed by atoms with Crippen molar-refractivity contribution in [2.75, 3.05) is 19.0 Å². The molecule has 3 atom stereocenters. The minimum absolute atomic E-state index is 0.131. The molecule has 5 nitrogen and oxygen atoms in total. The Morgan fingerprint density at radius 2 is 2.29 bits per heavy atom. The summed E-state index contributed by atoms with van der Waals surface area (Å²) >= 11 is 1.69. The van der Waals surface area contributed by atoms with Crippen molar-refractivity contribution >= 4 is 22.4 Å². The Kier molecular flexibility index (Phi) is 4.45. The van der Waals surface area contributed by atoms with E-state index in [1.807, 2.05) is 6.92 Å². The number of nitrogens with zero attached hydrogens (tertiary/aromatic N) is 1. The van der Waals surface area contributed by atoms with Gasteiger partial charge in [-0.1, -0.05) is 0 Å². The van der Waals surface area contributed by atoms with E-state index in [2.05, 4.69) is 10.3 Å². The lowest BCUT2D eigenvalue weighted by Crippen LogP contribution is -2.18. The fourth-order valence-corrected chi connectivity index (χ4v) is 4.34. The third-order valence-corrected chi connectivity index (χ3v) is 5.40. The van der Waals surface area contributed by atoms with Gasteiger partial charge in [-0.15, -0.1) is 11.3 Å². The van der Waals surface area contributed by atoms with E-state index in [1.165, 1.54) is 4.88 Å². The number of fused-ring (bicyclic) bond motifs is 1. The maximum absolute atomic E-state index is 11.9. The van der Waals surface area contributed by atoms with Crippen LogP contribution in [0, 0.1) is 0 Å². The van der Waals surface area contributed by atoms with Gasteiger partial charge < -0.3 is 14.8 Å². The summed E-state index contributed by atoms with van der Waals surface area (Å²) in [6.07, 6.45) is 5.38. The second-order valence-electron chi connectivity index (χ2n) is 5.68. The van der Waals surface area contributed by atoms with Crippen LogP contribution in [-0.4, -0.2) is 36.8 Å². The molecule has 0 bridgehead atoms. The van der Waals surface area contributed by atoms with Gasteiger partial charge in [0.1, 0.15) is 5.92 Å². The molecule has 0 saturated heterocycles. The lowest BCUT2D eigenvalue weighted by Gasteiger charge is -2.12. The van der Waals surface area contributed by atoms with Crippen LogP contribution in [0.2, 0.25) is 0 Å². The third kappa shape index (κ3) is 3.06. The number of nitrogens with one attached hydrogen (secondary N) is 1. The van der Waals surface area contributed by atoms with Crippen LogP contribution in [0.3, 0.4) is 0 Å². The molecule has 3 unspecified atom stereocenters. The van der Waals surface area contributed by atoms with E-state index in [9.17, 15) is 4.79 Å². The molecule has 1 fully saturated rings. The number of carbonyl (C=O) groups is 1. The zero-order valence-corrected chi connectivity index (χ0v) is 13.4. The summed E-state index contributed by atoms with van der Waals surface area (Å²) in [5.74, 6) is -0.296. The molecule has 1 N–H and O–H groups in total. The second kappa shape index (κ2) is 6.32. The number of carbonyl (C=O) groups excluding carboxylic acids is 1. The zero-order valence-electron chi connectivity index (χ0n) is 12.6. The number of methoxy groups -OCH3 is 1. The van der Waals surface area contributed by atoms with Gasteiger partial charge in [0, 0.05) is 18.0 Å². The highest BCUT2D eigenvalue weighted by Gasteiger charge is 2.34. The predicted molar refractivity (Wildman–Crippen MR) is 81.9 cm³/mol.